The van der Waals surface area contributed by atoms with Crippen LogP contribution in [0.2, 0.25) is 0 Å². The Kier molecular flexibility index (Phi) is 3.46. The van der Waals surface area contributed by atoms with Gasteiger partial charge in [-0.05, 0) is 37.3 Å². The van der Waals surface area contributed by atoms with Crippen molar-refractivity contribution in [2.45, 2.75) is 6.92 Å². The van der Waals surface area contributed by atoms with Gasteiger partial charge < -0.3 is 15.3 Å². The normalized spacial score (nSPS) is 11.1. The van der Waals surface area contributed by atoms with Gasteiger partial charge in [-0.15, -0.1) is 0 Å². The van der Waals surface area contributed by atoms with Gasteiger partial charge in [0.05, 0.1) is 28.7 Å². The molecule has 0 radical (unpaired) electrons. The van der Waals surface area contributed by atoms with Gasteiger partial charge in [0.25, 0.3) is 0 Å². The highest BCUT2D eigenvalue weighted by Gasteiger charge is 2.15. The van der Waals surface area contributed by atoms with Crippen LogP contribution < -0.4 is 5.32 Å². The summed E-state index contributed by atoms with van der Waals surface area (Å²) in [7, 11) is 1.89. The third kappa shape index (κ3) is 2.32. The van der Waals surface area contributed by atoms with Crippen molar-refractivity contribution in [3.8, 4) is 16.9 Å². The summed E-state index contributed by atoms with van der Waals surface area (Å²) in [5.74, 6) is 0.897. The molecule has 0 aliphatic rings. The number of nitrogens with zero attached hydrogens (tertiary/aromatic N) is 2. The SMILES string of the molecule is CNc1[nH]c(=S)n(-c2ccc3nc[nH]c3c2)c1-c1ccc(C)cc1. The number of hydrogen-bond donors (Lipinski definition) is 3. The zero-order valence-corrected chi connectivity index (χ0v) is 14.2. The molecular weight excluding hydrogens is 318 g/mol. The second-order valence-corrected chi connectivity index (χ2v) is 6.10. The number of benzene rings is 2. The Morgan fingerprint density at radius 2 is 1.92 bits per heavy atom. The van der Waals surface area contributed by atoms with Crippen LogP contribution in [-0.2, 0) is 0 Å². The van der Waals surface area contributed by atoms with Gasteiger partial charge in [-0.25, -0.2) is 4.98 Å². The summed E-state index contributed by atoms with van der Waals surface area (Å²) in [6.07, 6.45) is 1.70. The van der Waals surface area contributed by atoms with Gasteiger partial charge in [-0.1, -0.05) is 29.8 Å². The fraction of sp³-hybridized carbons (Fsp3) is 0.111. The smallest absolute Gasteiger partial charge is 0.183 e. The van der Waals surface area contributed by atoms with Gasteiger partial charge in [0.15, 0.2) is 4.77 Å². The number of aryl methyl sites for hydroxylation is 1. The highest BCUT2D eigenvalue weighted by atomic mass is 32.1. The van der Waals surface area contributed by atoms with E-state index in [1.165, 1.54) is 5.56 Å². The first kappa shape index (κ1) is 14.7. The van der Waals surface area contributed by atoms with Crippen LogP contribution in [0.4, 0.5) is 5.82 Å². The van der Waals surface area contributed by atoms with Gasteiger partial charge in [-0.3, -0.25) is 4.57 Å². The van der Waals surface area contributed by atoms with Crippen molar-refractivity contribution in [2.24, 2.45) is 0 Å². The van der Waals surface area contributed by atoms with E-state index in [9.17, 15) is 0 Å². The molecule has 6 heteroatoms. The molecule has 2 heterocycles. The summed E-state index contributed by atoms with van der Waals surface area (Å²) in [6, 6.07) is 14.5. The molecule has 2 aromatic heterocycles. The molecule has 0 saturated carbocycles. The molecule has 0 atom stereocenters. The van der Waals surface area contributed by atoms with E-state index >= 15 is 0 Å². The van der Waals surface area contributed by atoms with Crippen LogP contribution in [0.15, 0.2) is 48.8 Å². The Labute approximate surface area is 144 Å². The quantitative estimate of drug-likeness (QED) is 0.485. The molecule has 2 aromatic carbocycles. The van der Waals surface area contributed by atoms with Crippen LogP contribution in [0.5, 0.6) is 0 Å². The van der Waals surface area contributed by atoms with Crippen molar-refractivity contribution in [1.82, 2.24) is 19.5 Å². The summed E-state index contributed by atoms with van der Waals surface area (Å²) in [5.41, 5.74) is 6.25. The van der Waals surface area contributed by atoms with E-state index in [1.54, 1.807) is 6.33 Å². The maximum absolute atomic E-state index is 5.58. The van der Waals surface area contributed by atoms with Crippen molar-refractivity contribution in [3.05, 3.63) is 59.1 Å². The first-order valence-electron chi connectivity index (χ1n) is 7.70. The molecule has 0 saturated heterocycles. The number of fused-ring (bicyclic) bond motifs is 1. The Balaban J connectivity index is 1.99. The van der Waals surface area contributed by atoms with Crippen molar-refractivity contribution in [3.63, 3.8) is 0 Å². The number of anilines is 1. The summed E-state index contributed by atoms with van der Waals surface area (Å²) >= 11 is 5.58. The van der Waals surface area contributed by atoms with E-state index < -0.39 is 0 Å². The van der Waals surface area contributed by atoms with Crippen LogP contribution in [0.1, 0.15) is 5.56 Å². The van der Waals surface area contributed by atoms with E-state index in [2.05, 4.69) is 57.5 Å². The molecule has 4 aromatic rings. The molecular formula is C18H17N5S. The van der Waals surface area contributed by atoms with E-state index in [0.29, 0.717) is 4.77 Å². The molecule has 120 valence electrons. The summed E-state index contributed by atoms with van der Waals surface area (Å²) in [5, 5.41) is 3.21. The predicted molar refractivity (Wildman–Crippen MR) is 100 cm³/mol. The number of imidazole rings is 2. The van der Waals surface area contributed by atoms with Crippen LogP contribution >= 0.6 is 12.2 Å². The lowest BCUT2D eigenvalue weighted by atomic mass is 10.1. The van der Waals surface area contributed by atoms with Gasteiger partial charge >= 0.3 is 0 Å². The number of H-pyrrole nitrogens is 2. The van der Waals surface area contributed by atoms with E-state index in [0.717, 1.165) is 33.8 Å². The number of aromatic amines is 2. The minimum Gasteiger partial charge on any atom is -0.373 e. The summed E-state index contributed by atoms with van der Waals surface area (Å²) in [6.45, 7) is 2.08. The zero-order chi connectivity index (χ0) is 16.7. The molecule has 0 bridgehead atoms. The van der Waals surface area contributed by atoms with Crippen molar-refractivity contribution >= 4 is 29.1 Å². The Morgan fingerprint density at radius 1 is 1.12 bits per heavy atom. The maximum Gasteiger partial charge on any atom is 0.183 e. The highest BCUT2D eigenvalue weighted by Crippen LogP contribution is 2.31. The van der Waals surface area contributed by atoms with Crippen LogP contribution in [0.3, 0.4) is 0 Å². The molecule has 3 N–H and O–H groups in total. The monoisotopic (exact) mass is 335 g/mol. The van der Waals surface area contributed by atoms with Crippen molar-refractivity contribution in [1.29, 1.82) is 0 Å². The Hall–Kier alpha value is -2.86. The standard InChI is InChI=1S/C18H17N5S/c1-11-3-5-12(6-4-11)16-17(19-2)22-18(24)23(16)13-7-8-14-15(9-13)21-10-20-14/h3-10,19H,1-2H3,(H,20,21)(H,22,24). The fourth-order valence-corrected chi connectivity index (χ4v) is 3.21. The van der Waals surface area contributed by atoms with E-state index in [1.807, 2.05) is 23.7 Å². The van der Waals surface area contributed by atoms with Crippen LogP contribution in [0.25, 0.3) is 28.0 Å². The molecule has 0 amide bonds. The number of rotatable bonds is 3. The average Bonchev–Trinajstić information content (AvgIpc) is 3.18. The molecule has 24 heavy (non-hydrogen) atoms. The molecule has 0 aliphatic carbocycles. The zero-order valence-electron chi connectivity index (χ0n) is 13.4. The summed E-state index contributed by atoms with van der Waals surface area (Å²) < 4.78 is 2.69. The Bertz CT molecular complexity index is 1070. The molecule has 0 aliphatic heterocycles. The molecule has 0 unspecified atom stereocenters. The summed E-state index contributed by atoms with van der Waals surface area (Å²) in [4.78, 5) is 10.7. The van der Waals surface area contributed by atoms with E-state index in [-0.39, 0.29) is 0 Å². The lowest BCUT2D eigenvalue weighted by Crippen LogP contribution is -1.99. The highest BCUT2D eigenvalue weighted by molar-refractivity contribution is 7.71. The molecule has 5 nitrogen and oxygen atoms in total. The van der Waals surface area contributed by atoms with E-state index in [4.69, 9.17) is 12.2 Å². The lowest BCUT2D eigenvalue weighted by Gasteiger charge is -2.11. The topological polar surface area (TPSA) is 61.4 Å². The van der Waals surface area contributed by atoms with Crippen LogP contribution in [0, 0.1) is 11.7 Å². The number of nitrogens with one attached hydrogen (secondary N) is 3. The number of aromatic nitrogens is 4. The third-order valence-electron chi connectivity index (χ3n) is 4.13. The maximum atomic E-state index is 5.58. The van der Waals surface area contributed by atoms with Gasteiger partial charge in [0.2, 0.25) is 0 Å². The lowest BCUT2D eigenvalue weighted by molar-refractivity contribution is 1.04. The van der Waals surface area contributed by atoms with Gasteiger partial charge in [-0.2, -0.15) is 0 Å². The minimum atomic E-state index is 0.647. The van der Waals surface area contributed by atoms with Gasteiger partial charge in [0, 0.05) is 12.6 Å². The van der Waals surface area contributed by atoms with Crippen molar-refractivity contribution in [2.75, 3.05) is 12.4 Å². The molecule has 0 fully saturated rings. The number of hydrogen-bond acceptors (Lipinski definition) is 3. The molecule has 0 spiro atoms. The predicted octanol–water partition coefficient (Wildman–Crippen LogP) is 4.43. The second-order valence-electron chi connectivity index (χ2n) is 5.71. The van der Waals surface area contributed by atoms with Gasteiger partial charge in [0.1, 0.15) is 5.82 Å². The first-order chi connectivity index (χ1) is 11.7. The van der Waals surface area contributed by atoms with Crippen LogP contribution in [-0.4, -0.2) is 26.6 Å². The largest absolute Gasteiger partial charge is 0.373 e. The Morgan fingerprint density at radius 3 is 2.67 bits per heavy atom. The average molecular weight is 335 g/mol. The minimum absolute atomic E-state index is 0.647. The van der Waals surface area contributed by atoms with Crippen molar-refractivity contribution < 1.29 is 0 Å². The molecule has 4 rings (SSSR count). The second kappa shape index (κ2) is 5.65. The fourth-order valence-electron chi connectivity index (χ4n) is 2.91. The first-order valence-corrected chi connectivity index (χ1v) is 8.11. The third-order valence-corrected chi connectivity index (χ3v) is 4.42.